The molecule has 4 rings (SSSR count). The Labute approximate surface area is 147 Å². The number of hydrogen-bond donors (Lipinski definition) is 1. The van der Waals surface area contributed by atoms with Gasteiger partial charge in [-0.15, -0.1) is 0 Å². The molecule has 0 saturated carbocycles. The molecule has 6 heteroatoms. The topological polar surface area (TPSA) is 59.1 Å². The molecule has 0 bridgehead atoms. The molecule has 1 aliphatic heterocycles. The highest BCUT2D eigenvalue weighted by Crippen LogP contribution is 2.18. The van der Waals surface area contributed by atoms with Crippen molar-refractivity contribution in [2.75, 3.05) is 11.9 Å². The normalized spacial score (nSPS) is 14.4. The molecule has 0 aliphatic carbocycles. The third-order valence-electron chi connectivity index (χ3n) is 4.49. The first kappa shape index (κ1) is 15.9. The Morgan fingerprint density at radius 2 is 2.08 bits per heavy atom. The Hall–Kier alpha value is -2.60. The number of nitrogens with zero attached hydrogens (tertiary/aromatic N) is 4. The SMILES string of the molecule is CCc1ccc(CN2CCn3cc(CNc4ccccn4)nc3C2)o1. The van der Waals surface area contributed by atoms with E-state index in [9.17, 15) is 0 Å². The highest BCUT2D eigenvalue weighted by Gasteiger charge is 2.19. The van der Waals surface area contributed by atoms with E-state index < -0.39 is 0 Å². The Morgan fingerprint density at radius 1 is 1.16 bits per heavy atom. The van der Waals surface area contributed by atoms with Gasteiger partial charge in [0.15, 0.2) is 0 Å². The lowest BCUT2D eigenvalue weighted by molar-refractivity contribution is 0.192. The van der Waals surface area contributed by atoms with Crippen LogP contribution >= 0.6 is 0 Å². The second-order valence-electron chi connectivity index (χ2n) is 6.34. The fourth-order valence-corrected chi connectivity index (χ4v) is 3.15. The van der Waals surface area contributed by atoms with Crippen molar-refractivity contribution in [3.8, 4) is 0 Å². The monoisotopic (exact) mass is 337 g/mol. The van der Waals surface area contributed by atoms with Gasteiger partial charge < -0.3 is 14.3 Å². The number of fused-ring (bicyclic) bond motifs is 1. The van der Waals surface area contributed by atoms with Crippen molar-refractivity contribution < 1.29 is 4.42 Å². The summed E-state index contributed by atoms with van der Waals surface area (Å²) < 4.78 is 8.09. The van der Waals surface area contributed by atoms with E-state index in [1.807, 2.05) is 18.2 Å². The summed E-state index contributed by atoms with van der Waals surface area (Å²) in [7, 11) is 0. The maximum atomic E-state index is 5.83. The standard InChI is InChI=1S/C19H23N5O/c1-2-16-6-7-17(25-16)13-23-9-10-24-12-15(22-19(24)14-23)11-21-18-5-3-4-8-20-18/h3-8,12H,2,9-11,13-14H2,1H3,(H,20,21). The molecule has 3 aromatic heterocycles. The zero-order chi connectivity index (χ0) is 17.1. The van der Waals surface area contributed by atoms with Crippen molar-refractivity contribution in [1.29, 1.82) is 0 Å². The highest BCUT2D eigenvalue weighted by atomic mass is 16.3. The van der Waals surface area contributed by atoms with Crippen LogP contribution in [0.4, 0.5) is 5.82 Å². The molecule has 0 fully saturated rings. The number of pyridine rings is 1. The van der Waals surface area contributed by atoms with Crippen molar-refractivity contribution in [3.63, 3.8) is 0 Å². The van der Waals surface area contributed by atoms with E-state index in [-0.39, 0.29) is 0 Å². The lowest BCUT2D eigenvalue weighted by Crippen LogP contribution is -2.33. The van der Waals surface area contributed by atoms with Gasteiger partial charge in [-0.05, 0) is 24.3 Å². The molecular weight excluding hydrogens is 314 g/mol. The van der Waals surface area contributed by atoms with Crippen molar-refractivity contribution in [1.82, 2.24) is 19.4 Å². The summed E-state index contributed by atoms with van der Waals surface area (Å²) in [4.78, 5) is 11.4. The maximum Gasteiger partial charge on any atom is 0.126 e. The van der Waals surface area contributed by atoms with Gasteiger partial charge in [-0.2, -0.15) is 0 Å². The van der Waals surface area contributed by atoms with Crippen LogP contribution in [0.2, 0.25) is 0 Å². The Bertz CT molecular complexity index is 823. The second kappa shape index (κ2) is 7.11. The summed E-state index contributed by atoms with van der Waals surface area (Å²) in [5.74, 6) is 4.08. The van der Waals surface area contributed by atoms with Gasteiger partial charge in [0.2, 0.25) is 0 Å². The number of furan rings is 1. The average molecular weight is 337 g/mol. The Morgan fingerprint density at radius 3 is 2.88 bits per heavy atom. The van der Waals surface area contributed by atoms with Crippen LogP contribution in [0.3, 0.4) is 0 Å². The predicted molar refractivity (Wildman–Crippen MR) is 96.0 cm³/mol. The number of rotatable bonds is 6. The fourth-order valence-electron chi connectivity index (χ4n) is 3.15. The van der Waals surface area contributed by atoms with Crippen LogP contribution in [0.25, 0.3) is 0 Å². The molecule has 3 aromatic rings. The molecule has 1 aliphatic rings. The first-order chi connectivity index (χ1) is 12.3. The number of anilines is 1. The molecule has 130 valence electrons. The van der Waals surface area contributed by atoms with Gasteiger partial charge in [0.05, 0.1) is 25.3 Å². The third kappa shape index (κ3) is 3.74. The van der Waals surface area contributed by atoms with Crippen molar-refractivity contribution in [2.45, 2.75) is 39.5 Å². The number of aromatic nitrogens is 3. The van der Waals surface area contributed by atoms with Crippen LogP contribution in [0.5, 0.6) is 0 Å². The number of hydrogen-bond acceptors (Lipinski definition) is 5. The van der Waals surface area contributed by atoms with Crippen molar-refractivity contribution >= 4 is 5.82 Å². The summed E-state index contributed by atoms with van der Waals surface area (Å²) >= 11 is 0. The zero-order valence-corrected chi connectivity index (χ0v) is 14.5. The molecule has 0 spiro atoms. The van der Waals surface area contributed by atoms with Gasteiger partial charge in [-0.25, -0.2) is 9.97 Å². The summed E-state index contributed by atoms with van der Waals surface area (Å²) in [6.07, 6.45) is 4.87. The summed E-state index contributed by atoms with van der Waals surface area (Å²) in [6.45, 7) is 6.47. The predicted octanol–water partition coefficient (Wildman–Crippen LogP) is 3.06. The zero-order valence-electron chi connectivity index (χ0n) is 14.5. The molecule has 1 N–H and O–H groups in total. The van der Waals surface area contributed by atoms with Gasteiger partial charge in [0.25, 0.3) is 0 Å². The smallest absolute Gasteiger partial charge is 0.126 e. The third-order valence-corrected chi connectivity index (χ3v) is 4.49. The van der Waals surface area contributed by atoms with Crippen LogP contribution in [-0.2, 0) is 32.6 Å². The van der Waals surface area contributed by atoms with Crippen LogP contribution < -0.4 is 5.32 Å². The van der Waals surface area contributed by atoms with E-state index in [0.717, 1.165) is 61.5 Å². The van der Waals surface area contributed by atoms with Gasteiger partial charge in [-0.3, -0.25) is 4.90 Å². The molecule has 25 heavy (non-hydrogen) atoms. The van der Waals surface area contributed by atoms with Gasteiger partial charge in [0, 0.05) is 31.9 Å². The highest BCUT2D eigenvalue weighted by molar-refractivity contribution is 5.33. The minimum Gasteiger partial charge on any atom is -0.465 e. The van der Waals surface area contributed by atoms with Crippen molar-refractivity contribution in [2.24, 2.45) is 0 Å². The van der Waals surface area contributed by atoms with Crippen LogP contribution in [-0.4, -0.2) is 26.0 Å². The second-order valence-corrected chi connectivity index (χ2v) is 6.34. The molecule has 0 unspecified atom stereocenters. The summed E-state index contributed by atoms with van der Waals surface area (Å²) in [6, 6.07) is 10.0. The molecule has 0 saturated heterocycles. The van der Waals surface area contributed by atoms with E-state index in [1.54, 1.807) is 6.20 Å². The van der Waals surface area contributed by atoms with E-state index in [4.69, 9.17) is 9.40 Å². The van der Waals surface area contributed by atoms with Crippen LogP contribution in [0.1, 0.15) is 30.0 Å². The number of imidazole rings is 1. The molecule has 0 aromatic carbocycles. The first-order valence-corrected chi connectivity index (χ1v) is 8.80. The quantitative estimate of drug-likeness (QED) is 0.749. The maximum absolute atomic E-state index is 5.83. The van der Waals surface area contributed by atoms with E-state index in [1.165, 1.54) is 0 Å². The first-order valence-electron chi connectivity index (χ1n) is 8.80. The molecule has 0 amide bonds. The van der Waals surface area contributed by atoms with E-state index in [0.29, 0.717) is 6.54 Å². The van der Waals surface area contributed by atoms with Gasteiger partial charge in [0.1, 0.15) is 23.2 Å². The Balaban J connectivity index is 1.37. The van der Waals surface area contributed by atoms with Crippen LogP contribution in [0.15, 0.2) is 47.1 Å². The van der Waals surface area contributed by atoms with E-state index in [2.05, 4.69) is 45.0 Å². The van der Waals surface area contributed by atoms with E-state index >= 15 is 0 Å². The molecule has 4 heterocycles. The Kier molecular flexibility index (Phi) is 4.52. The van der Waals surface area contributed by atoms with Gasteiger partial charge >= 0.3 is 0 Å². The lowest BCUT2D eigenvalue weighted by atomic mass is 10.3. The fraction of sp³-hybridized carbons (Fsp3) is 0.368. The molecule has 6 nitrogen and oxygen atoms in total. The number of nitrogens with one attached hydrogen (secondary N) is 1. The molecule has 0 atom stereocenters. The molecular formula is C19H23N5O. The minimum absolute atomic E-state index is 0.690. The van der Waals surface area contributed by atoms with Crippen LogP contribution in [0, 0.1) is 0 Å². The summed E-state index contributed by atoms with van der Waals surface area (Å²) in [5.41, 5.74) is 1.05. The minimum atomic E-state index is 0.690. The molecule has 0 radical (unpaired) electrons. The lowest BCUT2D eigenvalue weighted by Gasteiger charge is -2.26. The van der Waals surface area contributed by atoms with Gasteiger partial charge in [-0.1, -0.05) is 13.0 Å². The average Bonchev–Trinajstić information content (AvgIpc) is 3.27. The number of aryl methyl sites for hydroxylation is 1. The summed E-state index contributed by atoms with van der Waals surface area (Å²) in [5, 5.41) is 3.31. The van der Waals surface area contributed by atoms with Crippen molar-refractivity contribution in [3.05, 3.63) is 65.8 Å². The largest absolute Gasteiger partial charge is 0.465 e.